The van der Waals surface area contributed by atoms with Crippen LogP contribution in [0.25, 0.3) is 0 Å². The van der Waals surface area contributed by atoms with Crippen LogP contribution in [0.2, 0.25) is 0 Å². The van der Waals surface area contributed by atoms with E-state index in [9.17, 15) is 14.7 Å². The van der Waals surface area contributed by atoms with E-state index in [1.54, 1.807) is 19.1 Å². The average molecular weight is 327 g/mol. The number of nitrogens with one attached hydrogen (secondary N) is 2. The smallest absolute Gasteiger partial charge is 0.230 e. The monoisotopic (exact) mass is 327 g/mol. The van der Waals surface area contributed by atoms with Crippen molar-refractivity contribution >= 4 is 34.9 Å². The molecule has 2 rings (SSSR count). The molecule has 0 fully saturated rings. The highest BCUT2D eigenvalue weighted by atomic mass is 32.1. The minimum atomic E-state index is -1.26. The molecule has 5 nitrogen and oxygen atoms in total. The van der Waals surface area contributed by atoms with Crippen LogP contribution in [-0.4, -0.2) is 17.0 Å². The highest BCUT2D eigenvalue weighted by Crippen LogP contribution is 2.18. The maximum absolute atomic E-state index is 11.9. The van der Waals surface area contributed by atoms with Crippen LogP contribution < -0.4 is 15.7 Å². The Bertz CT molecular complexity index is 745. The number of aromatic carboxylic acids is 1. The predicted molar refractivity (Wildman–Crippen MR) is 90.0 cm³/mol. The summed E-state index contributed by atoms with van der Waals surface area (Å²) in [6, 6.07) is 14.0. The van der Waals surface area contributed by atoms with E-state index in [-0.39, 0.29) is 23.0 Å². The molecule has 0 bridgehead atoms. The molecule has 0 saturated carbocycles. The fourth-order valence-corrected chi connectivity index (χ4v) is 2.32. The Morgan fingerprint density at radius 1 is 1.09 bits per heavy atom. The van der Waals surface area contributed by atoms with Crippen molar-refractivity contribution in [2.45, 2.75) is 13.3 Å². The number of benzene rings is 2. The van der Waals surface area contributed by atoms with Crippen molar-refractivity contribution in [3.8, 4) is 0 Å². The van der Waals surface area contributed by atoms with E-state index in [1.165, 1.54) is 6.07 Å². The van der Waals surface area contributed by atoms with Crippen LogP contribution in [0.1, 0.15) is 21.5 Å². The molecule has 0 aliphatic heterocycles. The Kier molecular flexibility index (Phi) is 5.43. The van der Waals surface area contributed by atoms with Crippen molar-refractivity contribution < 1.29 is 14.7 Å². The molecule has 0 unspecified atom stereocenters. The lowest BCUT2D eigenvalue weighted by molar-refractivity contribution is -0.255. The lowest BCUT2D eigenvalue weighted by Gasteiger charge is -2.15. The Morgan fingerprint density at radius 2 is 1.78 bits per heavy atom. The summed E-state index contributed by atoms with van der Waals surface area (Å²) in [5.41, 5.74) is 1.96. The Labute approximate surface area is 139 Å². The van der Waals surface area contributed by atoms with E-state index in [0.29, 0.717) is 11.3 Å². The molecular weight excluding hydrogens is 312 g/mol. The lowest BCUT2D eigenvalue weighted by atomic mass is 10.1. The molecular formula is C17H15N2O3S-. The first-order valence-corrected chi connectivity index (χ1v) is 7.34. The summed E-state index contributed by atoms with van der Waals surface area (Å²) in [6.07, 6.45) is 0.209. The molecule has 2 aromatic carbocycles. The van der Waals surface area contributed by atoms with Gasteiger partial charge >= 0.3 is 0 Å². The zero-order valence-corrected chi connectivity index (χ0v) is 13.3. The molecule has 0 heterocycles. The van der Waals surface area contributed by atoms with Gasteiger partial charge in [0.05, 0.1) is 12.4 Å². The second-order valence-corrected chi connectivity index (χ2v) is 5.34. The van der Waals surface area contributed by atoms with Gasteiger partial charge in [0.25, 0.3) is 0 Å². The molecule has 118 valence electrons. The Morgan fingerprint density at radius 3 is 2.43 bits per heavy atom. The molecule has 0 radical (unpaired) electrons. The minimum Gasteiger partial charge on any atom is -0.545 e. The number of carboxylic acids is 1. The van der Waals surface area contributed by atoms with Gasteiger partial charge in [-0.1, -0.05) is 42.5 Å². The van der Waals surface area contributed by atoms with Gasteiger partial charge in [-0.05, 0) is 36.3 Å². The van der Waals surface area contributed by atoms with Gasteiger partial charge in [-0.25, -0.2) is 0 Å². The van der Waals surface area contributed by atoms with Crippen LogP contribution in [0.4, 0.5) is 5.69 Å². The van der Waals surface area contributed by atoms with Crippen molar-refractivity contribution in [1.29, 1.82) is 0 Å². The first kappa shape index (κ1) is 16.6. The molecule has 23 heavy (non-hydrogen) atoms. The number of rotatable bonds is 4. The molecule has 2 N–H and O–H groups in total. The van der Waals surface area contributed by atoms with Gasteiger partial charge in [0.1, 0.15) is 0 Å². The number of carbonyl (C=O) groups excluding carboxylic acids is 2. The summed E-state index contributed by atoms with van der Waals surface area (Å²) in [6.45, 7) is 1.64. The molecule has 6 heteroatoms. The van der Waals surface area contributed by atoms with Crippen molar-refractivity contribution in [3.63, 3.8) is 0 Å². The van der Waals surface area contributed by atoms with Gasteiger partial charge in [0, 0.05) is 11.3 Å². The van der Waals surface area contributed by atoms with Crippen molar-refractivity contribution in [1.82, 2.24) is 5.32 Å². The van der Waals surface area contributed by atoms with E-state index in [1.807, 2.05) is 30.3 Å². The fourth-order valence-electron chi connectivity index (χ4n) is 2.10. The molecule has 0 spiro atoms. The molecule has 0 aliphatic rings. The first-order chi connectivity index (χ1) is 11.0. The molecule has 1 amide bonds. The molecule has 0 saturated heterocycles. The Balaban J connectivity index is 1.99. The number of hydrogen-bond acceptors (Lipinski definition) is 4. The summed E-state index contributed by atoms with van der Waals surface area (Å²) in [5.74, 6) is -1.51. The topological polar surface area (TPSA) is 81.3 Å². The number of hydrogen-bond donors (Lipinski definition) is 2. The van der Waals surface area contributed by atoms with Crippen LogP contribution >= 0.6 is 12.2 Å². The van der Waals surface area contributed by atoms with E-state index in [4.69, 9.17) is 12.2 Å². The van der Waals surface area contributed by atoms with Gasteiger partial charge < -0.3 is 20.5 Å². The normalized spacial score (nSPS) is 9.96. The summed E-state index contributed by atoms with van der Waals surface area (Å²) in [7, 11) is 0. The first-order valence-electron chi connectivity index (χ1n) is 6.93. The molecule has 2 aromatic rings. The number of carboxylic acid groups (broad SMARTS) is 1. The highest BCUT2D eigenvalue weighted by molar-refractivity contribution is 7.80. The Hall–Kier alpha value is -2.73. The third-order valence-corrected chi connectivity index (χ3v) is 3.47. The van der Waals surface area contributed by atoms with Gasteiger partial charge in [0.2, 0.25) is 5.91 Å². The van der Waals surface area contributed by atoms with Crippen LogP contribution in [-0.2, 0) is 11.2 Å². The van der Waals surface area contributed by atoms with E-state index in [2.05, 4.69) is 10.6 Å². The summed E-state index contributed by atoms with van der Waals surface area (Å²) in [5, 5.41) is 16.5. The van der Waals surface area contributed by atoms with Crippen molar-refractivity contribution in [3.05, 3.63) is 65.2 Å². The van der Waals surface area contributed by atoms with Gasteiger partial charge in [-0.2, -0.15) is 0 Å². The van der Waals surface area contributed by atoms with Gasteiger partial charge in [0.15, 0.2) is 5.11 Å². The van der Waals surface area contributed by atoms with Crippen molar-refractivity contribution in [2.24, 2.45) is 0 Å². The molecule has 0 atom stereocenters. The quantitative estimate of drug-likeness (QED) is 0.830. The predicted octanol–water partition coefficient (Wildman–Crippen LogP) is 1.41. The fraction of sp³-hybridized carbons (Fsp3) is 0.118. The summed E-state index contributed by atoms with van der Waals surface area (Å²) < 4.78 is 0. The maximum Gasteiger partial charge on any atom is 0.230 e. The van der Waals surface area contributed by atoms with Crippen LogP contribution in [0, 0.1) is 6.92 Å². The number of thiocarbonyl (C=S) groups is 1. The second-order valence-electron chi connectivity index (χ2n) is 4.93. The van der Waals surface area contributed by atoms with Crippen LogP contribution in [0.3, 0.4) is 0 Å². The van der Waals surface area contributed by atoms with Gasteiger partial charge in [-0.3, -0.25) is 4.79 Å². The number of anilines is 1. The third-order valence-electron chi connectivity index (χ3n) is 3.26. The van der Waals surface area contributed by atoms with E-state index in [0.717, 1.165) is 5.56 Å². The lowest BCUT2D eigenvalue weighted by Crippen LogP contribution is -2.35. The van der Waals surface area contributed by atoms with E-state index < -0.39 is 5.97 Å². The van der Waals surface area contributed by atoms with E-state index >= 15 is 0 Å². The number of carbonyl (C=O) groups is 2. The zero-order valence-electron chi connectivity index (χ0n) is 12.5. The molecule has 0 aromatic heterocycles. The molecule has 0 aliphatic carbocycles. The SMILES string of the molecule is Cc1c(NC(=S)NC(=O)Cc2ccccc2)cccc1C(=O)[O-]. The number of amides is 1. The zero-order chi connectivity index (χ0) is 16.8. The van der Waals surface area contributed by atoms with Gasteiger partial charge in [-0.15, -0.1) is 0 Å². The minimum absolute atomic E-state index is 0.0772. The average Bonchev–Trinajstić information content (AvgIpc) is 2.49. The third kappa shape index (κ3) is 4.62. The summed E-state index contributed by atoms with van der Waals surface area (Å²) >= 11 is 5.09. The maximum atomic E-state index is 11.9. The van der Waals surface area contributed by atoms with Crippen LogP contribution in [0.15, 0.2) is 48.5 Å². The van der Waals surface area contributed by atoms with Crippen LogP contribution in [0.5, 0.6) is 0 Å². The second kappa shape index (κ2) is 7.51. The standard InChI is InChI=1S/C17H16N2O3S/c1-11-13(16(21)22)8-5-9-14(11)18-17(23)19-15(20)10-12-6-3-2-4-7-12/h2-9H,10H2,1H3,(H,21,22)(H2,18,19,20,23)/p-1. The largest absolute Gasteiger partial charge is 0.545 e. The van der Waals surface area contributed by atoms with Crippen molar-refractivity contribution in [2.75, 3.05) is 5.32 Å². The summed E-state index contributed by atoms with van der Waals surface area (Å²) in [4.78, 5) is 22.9. The highest BCUT2D eigenvalue weighted by Gasteiger charge is 2.09.